The van der Waals surface area contributed by atoms with Crippen molar-refractivity contribution in [2.24, 2.45) is 13.0 Å². The minimum Gasteiger partial charge on any atom is -0.454 e. The first kappa shape index (κ1) is 22.6. The molecule has 6 rings (SSSR count). The van der Waals surface area contributed by atoms with Gasteiger partial charge in [0.2, 0.25) is 5.69 Å². The maximum absolute atomic E-state index is 9.95. The summed E-state index contributed by atoms with van der Waals surface area (Å²) in [6.07, 6.45) is 6.62. The van der Waals surface area contributed by atoms with Crippen molar-refractivity contribution in [3.63, 3.8) is 0 Å². The third-order valence-electron chi connectivity index (χ3n) is 8.21. The molecule has 0 radical (unpaired) electrons. The SMILES string of the molecule is Cc1ccc2c(oc3c(-c4ccccc4)ccc(C#N)c32)c1-c1ccc(CC2CCCC2)c(C)[n+]1C. The van der Waals surface area contributed by atoms with E-state index in [-0.39, 0.29) is 0 Å². The van der Waals surface area contributed by atoms with E-state index in [4.69, 9.17) is 4.42 Å². The molecule has 1 aliphatic carbocycles. The number of benzene rings is 3. The molecule has 2 aromatic heterocycles. The Morgan fingerprint density at radius 1 is 0.917 bits per heavy atom. The molecular weight excluding hydrogens is 440 g/mol. The molecule has 1 saturated carbocycles. The Morgan fingerprint density at radius 3 is 2.44 bits per heavy atom. The lowest BCUT2D eigenvalue weighted by molar-refractivity contribution is -0.667. The van der Waals surface area contributed by atoms with Gasteiger partial charge in [0.15, 0.2) is 5.69 Å². The molecule has 0 unspecified atom stereocenters. The molecular formula is C33H31N2O+. The van der Waals surface area contributed by atoms with E-state index in [1.165, 1.54) is 48.9 Å². The molecule has 36 heavy (non-hydrogen) atoms. The first-order valence-corrected chi connectivity index (χ1v) is 13.0. The highest BCUT2D eigenvalue weighted by Crippen LogP contribution is 2.42. The average molecular weight is 472 g/mol. The molecule has 0 atom stereocenters. The Bertz CT molecular complexity index is 1650. The molecule has 178 valence electrons. The van der Waals surface area contributed by atoms with Gasteiger partial charge in [0, 0.05) is 34.9 Å². The standard InChI is InChI=1S/C33H31N2O/c1-21-13-16-28-31-26(20-34)14-17-27(24-11-5-4-6-12-24)32(31)36-33(28)30(21)29-18-15-25(22(2)35(29)3)19-23-9-7-8-10-23/h4-6,11-18,23H,7-10,19H2,1-3H3/q+1. The highest BCUT2D eigenvalue weighted by atomic mass is 16.3. The summed E-state index contributed by atoms with van der Waals surface area (Å²) in [4.78, 5) is 0. The van der Waals surface area contributed by atoms with Crippen LogP contribution >= 0.6 is 0 Å². The number of hydrogen-bond donors (Lipinski definition) is 0. The van der Waals surface area contributed by atoms with E-state index in [2.05, 4.69) is 67.9 Å². The maximum atomic E-state index is 9.95. The Kier molecular flexibility index (Phi) is 5.61. The molecule has 3 aromatic carbocycles. The van der Waals surface area contributed by atoms with E-state index >= 15 is 0 Å². The minimum absolute atomic E-state index is 0.644. The van der Waals surface area contributed by atoms with Crippen molar-refractivity contribution in [1.82, 2.24) is 0 Å². The van der Waals surface area contributed by atoms with Gasteiger partial charge in [0.1, 0.15) is 18.2 Å². The Morgan fingerprint density at radius 2 is 1.69 bits per heavy atom. The van der Waals surface area contributed by atoms with Gasteiger partial charge in [-0.2, -0.15) is 9.83 Å². The van der Waals surface area contributed by atoms with Crippen molar-refractivity contribution < 1.29 is 8.98 Å². The molecule has 3 nitrogen and oxygen atoms in total. The quantitative estimate of drug-likeness (QED) is 0.249. The summed E-state index contributed by atoms with van der Waals surface area (Å²) < 4.78 is 9.04. The van der Waals surface area contributed by atoms with Crippen LogP contribution in [0.15, 0.2) is 71.1 Å². The fourth-order valence-corrected chi connectivity index (χ4v) is 6.10. The van der Waals surface area contributed by atoms with Crippen molar-refractivity contribution in [3.8, 4) is 28.5 Å². The third-order valence-corrected chi connectivity index (χ3v) is 8.21. The molecule has 1 aliphatic rings. The van der Waals surface area contributed by atoms with Crippen molar-refractivity contribution >= 4 is 21.9 Å². The van der Waals surface area contributed by atoms with Crippen LogP contribution in [0.1, 0.15) is 48.1 Å². The van der Waals surface area contributed by atoms with Crippen molar-refractivity contribution in [1.29, 1.82) is 5.26 Å². The number of nitriles is 1. The highest BCUT2D eigenvalue weighted by molar-refractivity contribution is 6.15. The number of hydrogen-bond acceptors (Lipinski definition) is 2. The molecule has 0 N–H and O–H groups in total. The predicted molar refractivity (Wildman–Crippen MR) is 146 cm³/mol. The third kappa shape index (κ3) is 3.60. The molecule has 3 heteroatoms. The lowest BCUT2D eigenvalue weighted by Gasteiger charge is -2.13. The topological polar surface area (TPSA) is 40.8 Å². The Balaban J connectivity index is 1.58. The summed E-state index contributed by atoms with van der Waals surface area (Å²) in [6.45, 7) is 4.39. The lowest BCUT2D eigenvalue weighted by Crippen LogP contribution is -2.36. The second kappa shape index (κ2) is 8.95. The van der Waals surface area contributed by atoms with Gasteiger partial charge in [-0.15, -0.1) is 0 Å². The van der Waals surface area contributed by atoms with Crippen molar-refractivity contribution in [2.45, 2.75) is 46.0 Å². The summed E-state index contributed by atoms with van der Waals surface area (Å²) >= 11 is 0. The number of aryl methyl sites for hydroxylation is 1. The van der Waals surface area contributed by atoms with E-state index in [0.717, 1.165) is 50.2 Å². The zero-order valence-electron chi connectivity index (χ0n) is 21.3. The van der Waals surface area contributed by atoms with Gasteiger partial charge in [0.05, 0.1) is 17.2 Å². The number of furan rings is 1. The molecule has 0 spiro atoms. The molecule has 0 amide bonds. The number of aromatic nitrogens is 1. The summed E-state index contributed by atoms with van der Waals surface area (Å²) in [5.74, 6) is 0.816. The predicted octanol–water partition coefficient (Wildman–Crippen LogP) is 7.97. The first-order chi connectivity index (χ1) is 17.6. The van der Waals surface area contributed by atoms with E-state index in [9.17, 15) is 5.26 Å². The Labute approximate surface area is 212 Å². The summed E-state index contributed by atoms with van der Waals surface area (Å²) in [5, 5.41) is 11.8. The smallest absolute Gasteiger partial charge is 0.216 e. The molecule has 2 heterocycles. The zero-order chi connectivity index (χ0) is 24.8. The van der Waals surface area contributed by atoms with Gasteiger partial charge in [-0.1, -0.05) is 68.1 Å². The molecule has 5 aromatic rings. The van der Waals surface area contributed by atoms with Crippen LogP contribution in [0, 0.1) is 31.1 Å². The molecule has 1 fully saturated rings. The minimum atomic E-state index is 0.644. The lowest BCUT2D eigenvalue weighted by atomic mass is 9.94. The second-order valence-corrected chi connectivity index (χ2v) is 10.3. The van der Waals surface area contributed by atoms with Gasteiger partial charge in [-0.05, 0) is 48.6 Å². The largest absolute Gasteiger partial charge is 0.454 e. The van der Waals surface area contributed by atoms with E-state index < -0.39 is 0 Å². The van der Waals surface area contributed by atoms with Gasteiger partial charge < -0.3 is 4.42 Å². The normalized spacial score (nSPS) is 14.1. The number of nitrogens with zero attached hydrogens (tertiary/aromatic N) is 2. The van der Waals surface area contributed by atoms with Gasteiger partial charge in [0.25, 0.3) is 0 Å². The summed E-state index contributed by atoms with van der Waals surface area (Å²) in [7, 11) is 2.17. The fourth-order valence-electron chi connectivity index (χ4n) is 6.10. The van der Waals surface area contributed by atoms with Crippen LogP contribution in [0.4, 0.5) is 0 Å². The zero-order valence-corrected chi connectivity index (χ0v) is 21.3. The monoisotopic (exact) mass is 471 g/mol. The maximum Gasteiger partial charge on any atom is 0.216 e. The molecule has 0 aliphatic heterocycles. The van der Waals surface area contributed by atoms with Crippen LogP contribution < -0.4 is 4.57 Å². The number of rotatable bonds is 4. The highest BCUT2D eigenvalue weighted by Gasteiger charge is 2.26. The van der Waals surface area contributed by atoms with E-state index in [1.807, 2.05) is 30.3 Å². The molecule has 0 saturated heterocycles. The van der Waals surface area contributed by atoms with E-state index in [1.54, 1.807) is 0 Å². The average Bonchev–Trinajstić information content (AvgIpc) is 3.55. The fraction of sp³-hybridized carbons (Fsp3) is 0.273. The van der Waals surface area contributed by atoms with Crippen LogP contribution in [-0.2, 0) is 13.5 Å². The Hall–Kier alpha value is -3.90. The van der Waals surface area contributed by atoms with E-state index in [0.29, 0.717) is 5.56 Å². The van der Waals surface area contributed by atoms with Crippen LogP contribution in [0.3, 0.4) is 0 Å². The van der Waals surface area contributed by atoms with Crippen molar-refractivity contribution in [3.05, 3.63) is 89.1 Å². The number of fused-ring (bicyclic) bond motifs is 3. The number of pyridine rings is 1. The van der Waals surface area contributed by atoms with Crippen molar-refractivity contribution in [2.75, 3.05) is 0 Å². The summed E-state index contributed by atoms with van der Waals surface area (Å²) in [6, 6.07) is 25.4. The van der Waals surface area contributed by atoms with Crippen LogP contribution in [-0.4, -0.2) is 0 Å². The second-order valence-electron chi connectivity index (χ2n) is 10.3. The van der Waals surface area contributed by atoms with Gasteiger partial charge in [-0.3, -0.25) is 0 Å². The van der Waals surface area contributed by atoms with Crippen LogP contribution in [0.2, 0.25) is 0 Å². The van der Waals surface area contributed by atoms with Crippen LogP contribution in [0.5, 0.6) is 0 Å². The first-order valence-electron chi connectivity index (χ1n) is 13.0. The van der Waals surface area contributed by atoms with Gasteiger partial charge >= 0.3 is 0 Å². The summed E-state index contributed by atoms with van der Waals surface area (Å²) in [5.41, 5.74) is 10.5. The van der Waals surface area contributed by atoms with Gasteiger partial charge in [-0.25, -0.2) is 0 Å². The molecule has 0 bridgehead atoms. The van der Waals surface area contributed by atoms with Crippen LogP contribution in [0.25, 0.3) is 44.3 Å².